The molecule has 0 spiro atoms. The number of nitrogens with one attached hydrogen (secondary N) is 1. The van der Waals surface area contributed by atoms with Crippen LogP contribution in [0.5, 0.6) is 0 Å². The van der Waals surface area contributed by atoms with Crippen LogP contribution in [0.1, 0.15) is 11.1 Å². The summed E-state index contributed by atoms with van der Waals surface area (Å²) in [6.07, 6.45) is 0. The smallest absolute Gasteiger partial charge is 0.234 e. The summed E-state index contributed by atoms with van der Waals surface area (Å²) in [5.74, 6) is 0.577. The standard InChI is InChI=1S/C24H19Cl3N4OS/c1-14-3-9-19(11-15(14)2)31-23(16-4-6-17(25)7-5-16)29-30-24(31)33-13-22(32)28-21-10-8-18(26)12-20(21)27/h3-12H,13H2,1-2H3,(H,28,32). The summed E-state index contributed by atoms with van der Waals surface area (Å²) in [7, 11) is 0. The molecule has 0 saturated heterocycles. The van der Waals surface area contributed by atoms with Crippen LogP contribution in [0.15, 0.2) is 65.8 Å². The number of thioether (sulfide) groups is 1. The zero-order valence-electron chi connectivity index (χ0n) is 17.8. The first-order valence-electron chi connectivity index (χ1n) is 9.98. The second-order valence-corrected chi connectivity index (χ2v) is 9.60. The van der Waals surface area contributed by atoms with Gasteiger partial charge in [0, 0.05) is 15.6 Å². The molecule has 0 unspecified atom stereocenters. The van der Waals surface area contributed by atoms with Gasteiger partial charge in [0.2, 0.25) is 5.91 Å². The molecule has 0 aliphatic rings. The van der Waals surface area contributed by atoms with Gasteiger partial charge < -0.3 is 5.32 Å². The Bertz CT molecular complexity index is 1320. The number of carbonyl (C=O) groups excluding carboxylic acids is 1. The monoisotopic (exact) mass is 516 g/mol. The van der Waals surface area contributed by atoms with E-state index in [2.05, 4.69) is 41.5 Å². The third kappa shape index (κ3) is 5.53. The summed E-state index contributed by atoms with van der Waals surface area (Å²) in [5.41, 5.74) is 4.62. The summed E-state index contributed by atoms with van der Waals surface area (Å²) in [4.78, 5) is 12.6. The lowest BCUT2D eigenvalue weighted by atomic mass is 10.1. The van der Waals surface area contributed by atoms with Gasteiger partial charge >= 0.3 is 0 Å². The maximum absolute atomic E-state index is 12.6. The number of nitrogens with zero attached hydrogens (tertiary/aromatic N) is 3. The van der Waals surface area contributed by atoms with E-state index in [0.29, 0.717) is 31.7 Å². The molecule has 4 rings (SSSR count). The van der Waals surface area contributed by atoms with Gasteiger partial charge in [-0.15, -0.1) is 10.2 Å². The lowest BCUT2D eigenvalue weighted by molar-refractivity contribution is -0.113. The van der Waals surface area contributed by atoms with Crippen molar-refractivity contribution in [2.45, 2.75) is 19.0 Å². The third-order valence-corrected chi connectivity index (χ3v) is 6.75. The van der Waals surface area contributed by atoms with Crippen molar-refractivity contribution in [1.82, 2.24) is 14.8 Å². The van der Waals surface area contributed by atoms with Crippen molar-refractivity contribution < 1.29 is 4.79 Å². The van der Waals surface area contributed by atoms with Crippen molar-refractivity contribution in [2.24, 2.45) is 0 Å². The summed E-state index contributed by atoms with van der Waals surface area (Å²) in [6, 6.07) is 18.5. The van der Waals surface area contributed by atoms with E-state index in [1.54, 1.807) is 18.2 Å². The van der Waals surface area contributed by atoms with Crippen molar-refractivity contribution in [2.75, 3.05) is 11.1 Å². The number of rotatable bonds is 6. The molecule has 9 heteroatoms. The predicted octanol–water partition coefficient (Wildman–Crippen LogP) is 7.24. The fourth-order valence-electron chi connectivity index (χ4n) is 3.15. The first-order valence-corrected chi connectivity index (χ1v) is 12.1. The predicted molar refractivity (Wildman–Crippen MR) is 137 cm³/mol. The second-order valence-electron chi connectivity index (χ2n) is 7.38. The third-order valence-electron chi connectivity index (χ3n) is 5.02. The first-order chi connectivity index (χ1) is 15.8. The number of hydrogen-bond donors (Lipinski definition) is 1. The van der Waals surface area contributed by atoms with E-state index < -0.39 is 0 Å². The lowest BCUT2D eigenvalue weighted by Gasteiger charge is -2.12. The van der Waals surface area contributed by atoms with Gasteiger partial charge in [0.15, 0.2) is 11.0 Å². The van der Waals surface area contributed by atoms with Gasteiger partial charge in [-0.05, 0) is 79.6 Å². The van der Waals surface area contributed by atoms with Crippen LogP contribution in [-0.4, -0.2) is 26.4 Å². The van der Waals surface area contributed by atoms with E-state index in [1.165, 1.54) is 17.3 Å². The van der Waals surface area contributed by atoms with Gasteiger partial charge in [-0.3, -0.25) is 9.36 Å². The molecule has 5 nitrogen and oxygen atoms in total. The molecule has 4 aromatic rings. The molecule has 0 saturated carbocycles. The van der Waals surface area contributed by atoms with E-state index >= 15 is 0 Å². The Labute approximate surface area is 211 Å². The minimum Gasteiger partial charge on any atom is -0.324 e. The highest BCUT2D eigenvalue weighted by Crippen LogP contribution is 2.30. The van der Waals surface area contributed by atoms with Crippen molar-refractivity contribution >= 4 is 58.2 Å². The number of aryl methyl sites for hydroxylation is 2. The Morgan fingerprint density at radius 2 is 1.64 bits per heavy atom. The Hall–Kier alpha value is -2.51. The number of carbonyl (C=O) groups is 1. The number of amides is 1. The van der Waals surface area contributed by atoms with Crippen LogP contribution in [-0.2, 0) is 4.79 Å². The van der Waals surface area contributed by atoms with Crippen LogP contribution in [0.3, 0.4) is 0 Å². The van der Waals surface area contributed by atoms with Crippen LogP contribution in [0.2, 0.25) is 15.1 Å². The Morgan fingerprint density at radius 1 is 0.909 bits per heavy atom. The summed E-state index contributed by atoms with van der Waals surface area (Å²) in [6.45, 7) is 4.12. The van der Waals surface area contributed by atoms with Gasteiger partial charge in [-0.2, -0.15) is 0 Å². The molecule has 0 radical (unpaired) electrons. The van der Waals surface area contributed by atoms with Crippen LogP contribution < -0.4 is 5.32 Å². The number of hydrogen-bond acceptors (Lipinski definition) is 4. The van der Waals surface area contributed by atoms with Crippen LogP contribution in [0, 0.1) is 13.8 Å². The molecular weight excluding hydrogens is 499 g/mol. The average Bonchev–Trinajstić information content (AvgIpc) is 3.20. The Kier molecular flexibility index (Phi) is 7.29. The molecule has 1 amide bonds. The molecule has 0 fully saturated rings. The number of aromatic nitrogens is 3. The molecule has 1 heterocycles. The van der Waals surface area contributed by atoms with Crippen molar-refractivity contribution in [1.29, 1.82) is 0 Å². The summed E-state index contributed by atoms with van der Waals surface area (Å²) >= 11 is 19.4. The molecule has 1 aromatic heterocycles. The van der Waals surface area contributed by atoms with E-state index in [0.717, 1.165) is 16.8 Å². The average molecular weight is 518 g/mol. The minimum atomic E-state index is -0.216. The topological polar surface area (TPSA) is 59.8 Å². The molecule has 0 atom stereocenters. The molecule has 0 aliphatic heterocycles. The first kappa shape index (κ1) is 23.6. The number of benzene rings is 3. The maximum Gasteiger partial charge on any atom is 0.234 e. The fraction of sp³-hybridized carbons (Fsp3) is 0.125. The zero-order chi connectivity index (χ0) is 23.5. The molecule has 0 aliphatic carbocycles. The van der Waals surface area contributed by atoms with Crippen LogP contribution in [0.25, 0.3) is 17.1 Å². The van der Waals surface area contributed by atoms with Crippen molar-refractivity contribution in [3.8, 4) is 17.1 Å². The van der Waals surface area contributed by atoms with Crippen molar-refractivity contribution in [3.63, 3.8) is 0 Å². The number of halogens is 3. The molecule has 0 bridgehead atoms. The van der Waals surface area contributed by atoms with Crippen LogP contribution in [0.4, 0.5) is 5.69 Å². The lowest BCUT2D eigenvalue weighted by Crippen LogP contribution is -2.15. The molecule has 3 aromatic carbocycles. The Balaban J connectivity index is 1.62. The molecule has 1 N–H and O–H groups in total. The van der Waals surface area contributed by atoms with Gasteiger partial charge in [-0.25, -0.2) is 0 Å². The van der Waals surface area contributed by atoms with E-state index in [-0.39, 0.29) is 11.7 Å². The van der Waals surface area contributed by atoms with Gasteiger partial charge in [0.05, 0.1) is 22.2 Å². The van der Waals surface area contributed by atoms with E-state index in [1.807, 2.05) is 34.9 Å². The largest absolute Gasteiger partial charge is 0.324 e. The minimum absolute atomic E-state index is 0.128. The highest BCUT2D eigenvalue weighted by atomic mass is 35.5. The number of anilines is 1. The Morgan fingerprint density at radius 3 is 2.33 bits per heavy atom. The highest BCUT2D eigenvalue weighted by Gasteiger charge is 2.18. The second kappa shape index (κ2) is 10.2. The van der Waals surface area contributed by atoms with E-state index in [9.17, 15) is 4.79 Å². The maximum atomic E-state index is 12.6. The fourth-order valence-corrected chi connectivity index (χ4v) is 4.49. The summed E-state index contributed by atoms with van der Waals surface area (Å²) in [5, 5.41) is 13.7. The van der Waals surface area contributed by atoms with Crippen molar-refractivity contribution in [3.05, 3.63) is 86.9 Å². The van der Waals surface area contributed by atoms with Crippen LogP contribution >= 0.6 is 46.6 Å². The molecule has 168 valence electrons. The summed E-state index contributed by atoms with van der Waals surface area (Å²) < 4.78 is 1.95. The van der Waals surface area contributed by atoms with Gasteiger partial charge in [-0.1, -0.05) is 52.6 Å². The van der Waals surface area contributed by atoms with E-state index in [4.69, 9.17) is 34.8 Å². The molecule has 33 heavy (non-hydrogen) atoms. The highest BCUT2D eigenvalue weighted by molar-refractivity contribution is 7.99. The quantitative estimate of drug-likeness (QED) is 0.274. The van der Waals surface area contributed by atoms with Gasteiger partial charge in [0.1, 0.15) is 0 Å². The SMILES string of the molecule is Cc1ccc(-n2c(SCC(=O)Nc3ccc(Cl)cc3Cl)nnc2-c2ccc(Cl)cc2)cc1C. The van der Waals surface area contributed by atoms with Gasteiger partial charge in [0.25, 0.3) is 0 Å². The normalized spacial score (nSPS) is 10.9. The zero-order valence-corrected chi connectivity index (χ0v) is 20.9. The molecular formula is C24H19Cl3N4OS.